The molecule has 1 rings (SSSR count). The van der Waals surface area contributed by atoms with Gasteiger partial charge in [-0.25, -0.2) is 0 Å². The summed E-state index contributed by atoms with van der Waals surface area (Å²) in [5, 5.41) is 2.98. The summed E-state index contributed by atoms with van der Waals surface area (Å²) in [6.07, 6.45) is 0. The second-order valence-corrected chi connectivity index (χ2v) is 4.44. The number of nitrogens with one attached hydrogen (secondary N) is 1. The predicted octanol–water partition coefficient (Wildman–Crippen LogP) is 2.86. The summed E-state index contributed by atoms with van der Waals surface area (Å²) >= 11 is 0. The smallest absolute Gasteiger partial charge is 0.255 e. The zero-order valence-corrected chi connectivity index (χ0v) is 11.0. The summed E-state index contributed by atoms with van der Waals surface area (Å²) in [4.78, 5) is 12.1. The van der Waals surface area contributed by atoms with Crippen LogP contribution in [0.2, 0.25) is 0 Å². The van der Waals surface area contributed by atoms with Gasteiger partial charge in [0.05, 0.1) is 12.2 Å². The SMILES string of the molecule is CCOc1ccccc1C(=O)N[C@@H](C)C(C)C. The minimum absolute atomic E-state index is 0.0738. The lowest BCUT2D eigenvalue weighted by Crippen LogP contribution is -2.36. The lowest BCUT2D eigenvalue weighted by Gasteiger charge is -2.18. The van der Waals surface area contributed by atoms with Crippen molar-refractivity contribution in [2.45, 2.75) is 33.7 Å². The summed E-state index contributed by atoms with van der Waals surface area (Å²) < 4.78 is 5.44. The zero-order valence-electron chi connectivity index (χ0n) is 11.0. The number of rotatable bonds is 5. The van der Waals surface area contributed by atoms with Crippen LogP contribution in [0.5, 0.6) is 5.75 Å². The third-order valence-electron chi connectivity index (χ3n) is 2.79. The van der Waals surface area contributed by atoms with E-state index in [1.807, 2.05) is 32.0 Å². The van der Waals surface area contributed by atoms with E-state index in [0.717, 1.165) is 0 Å². The Kier molecular flexibility index (Phi) is 5.01. The minimum Gasteiger partial charge on any atom is -0.493 e. The van der Waals surface area contributed by atoms with Crippen molar-refractivity contribution in [3.05, 3.63) is 29.8 Å². The molecular weight excluding hydrogens is 214 g/mol. The topological polar surface area (TPSA) is 38.3 Å². The Balaban J connectivity index is 2.81. The molecular formula is C14H21NO2. The molecule has 17 heavy (non-hydrogen) atoms. The van der Waals surface area contributed by atoms with Crippen molar-refractivity contribution in [2.24, 2.45) is 5.92 Å². The van der Waals surface area contributed by atoms with Gasteiger partial charge in [-0.05, 0) is 31.9 Å². The van der Waals surface area contributed by atoms with E-state index in [1.54, 1.807) is 6.07 Å². The standard InChI is InChI=1S/C14H21NO2/c1-5-17-13-9-7-6-8-12(13)14(16)15-11(4)10(2)3/h6-11H,5H2,1-4H3,(H,15,16)/t11-/m0/s1. The van der Waals surface area contributed by atoms with Gasteiger partial charge in [0, 0.05) is 6.04 Å². The van der Waals surface area contributed by atoms with Crippen molar-refractivity contribution in [3.63, 3.8) is 0 Å². The molecule has 0 spiro atoms. The lowest BCUT2D eigenvalue weighted by atomic mass is 10.1. The molecule has 3 nitrogen and oxygen atoms in total. The summed E-state index contributed by atoms with van der Waals surface area (Å²) in [5.41, 5.74) is 0.599. The Morgan fingerprint density at radius 2 is 1.94 bits per heavy atom. The quantitative estimate of drug-likeness (QED) is 0.852. The molecule has 0 saturated carbocycles. The van der Waals surface area contributed by atoms with Crippen LogP contribution in [0, 0.1) is 5.92 Å². The van der Waals surface area contributed by atoms with E-state index >= 15 is 0 Å². The molecule has 1 atom stereocenters. The van der Waals surface area contributed by atoms with Crippen molar-refractivity contribution in [1.29, 1.82) is 0 Å². The van der Waals surface area contributed by atoms with Gasteiger partial charge in [0.15, 0.2) is 0 Å². The van der Waals surface area contributed by atoms with Crippen molar-refractivity contribution >= 4 is 5.91 Å². The highest BCUT2D eigenvalue weighted by molar-refractivity contribution is 5.97. The maximum atomic E-state index is 12.1. The Labute approximate surface area is 103 Å². The monoisotopic (exact) mass is 235 g/mol. The number of hydrogen-bond donors (Lipinski definition) is 1. The molecule has 0 aromatic heterocycles. The van der Waals surface area contributed by atoms with Crippen molar-refractivity contribution in [2.75, 3.05) is 6.61 Å². The summed E-state index contributed by atoms with van der Waals surface area (Å²) in [6.45, 7) is 8.64. The van der Waals surface area contributed by atoms with Gasteiger partial charge in [0.1, 0.15) is 5.75 Å². The fraction of sp³-hybridized carbons (Fsp3) is 0.500. The molecule has 1 aromatic rings. The molecule has 1 amide bonds. The van der Waals surface area contributed by atoms with Gasteiger partial charge in [-0.15, -0.1) is 0 Å². The molecule has 3 heteroatoms. The largest absolute Gasteiger partial charge is 0.493 e. The van der Waals surface area contributed by atoms with Gasteiger partial charge >= 0.3 is 0 Å². The zero-order chi connectivity index (χ0) is 12.8. The van der Waals surface area contributed by atoms with Crippen LogP contribution in [-0.2, 0) is 0 Å². The first-order valence-electron chi connectivity index (χ1n) is 6.09. The number of carbonyl (C=O) groups is 1. The highest BCUT2D eigenvalue weighted by atomic mass is 16.5. The summed E-state index contributed by atoms with van der Waals surface area (Å²) in [7, 11) is 0. The van der Waals surface area contributed by atoms with Gasteiger partial charge in [0.25, 0.3) is 5.91 Å². The summed E-state index contributed by atoms with van der Waals surface area (Å²) in [5.74, 6) is 0.983. The predicted molar refractivity (Wildman–Crippen MR) is 69.4 cm³/mol. The normalized spacial score (nSPS) is 12.3. The van der Waals surface area contributed by atoms with Crippen LogP contribution in [0.1, 0.15) is 38.1 Å². The summed E-state index contributed by atoms with van der Waals surface area (Å²) in [6, 6.07) is 7.47. The Bertz CT molecular complexity index is 374. The van der Waals surface area contributed by atoms with Crippen LogP contribution in [0.3, 0.4) is 0 Å². The average Bonchev–Trinajstić information content (AvgIpc) is 2.29. The fourth-order valence-corrected chi connectivity index (χ4v) is 1.39. The maximum Gasteiger partial charge on any atom is 0.255 e. The second kappa shape index (κ2) is 6.28. The molecule has 0 heterocycles. The highest BCUT2D eigenvalue weighted by Crippen LogP contribution is 2.18. The van der Waals surface area contributed by atoms with Crippen LogP contribution in [0.4, 0.5) is 0 Å². The molecule has 0 aliphatic carbocycles. The number of hydrogen-bond acceptors (Lipinski definition) is 2. The fourth-order valence-electron chi connectivity index (χ4n) is 1.39. The first-order valence-corrected chi connectivity index (χ1v) is 6.09. The third kappa shape index (κ3) is 3.77. The van der Waals surface area contributed by atoms with E-state index in [2.05, 4.69) is 19.2 Å². The maximum absolute atomic E-state index is 12.1. The van der Waals surface area contributed by atoms with Gasteiger partial charge in [-0.1, -0.05) is 26.0 Å². The van der Waals surface area contributed by atoms with Gasteiger partial charge < -0.3 is 10.1 Å². The van der Waals surface area contributed by atoms with Crippen LogP contribution < -0.4 is 10.1 Å². The molecule has 0 aliphatic heterocycles. The molecule has 0 aliphatic rings. The number of ether oxygens (including phenoxy) is 1. The first-order chi connectivity index (χ1) is 8.06. The molecule has 0 bridgehead atoms. The van der Waals surface area contributed by atoms with Crippen molar-refractivity contribution in [1.82, 2.24) is 5.32 Å². The lowest BCUT2D eigenvalue weighted by molar-refractivity contribution is 0.0926. The Hall–Kier alpha value is -1.51. The third-order valence-corrected chi connectivity index (χ3v) is 2.79. The second-order valence-electron chi connectivity index (χ2n) is 4.44. The minimum atomic E-state index is -0.0738. The van der Waals surface area contributed by atoms with Crippen LogP contribution in [-0.4, -0.2) is 18.6 Å². The van der Waals surface area contributed by atoms with Crippen molar-refractivity contribution in [3.8, 4) is 5.75 Å². The Morgan fingerprint density at radius 3 is 2.53 bits per heavy atom. The van der Waals surface area contributed by atoms with Crippen LogP contribution in [0.15, 0.2) is 24.3 Å². The van der Waals surface area contributed by atoms with Crippen LogP contribution in [0.25, 0.3) is 0 Å². The van der Waals surface area contributed by atoms with Crippen LogP contribution >= 0.6 is 0 Å². The molecule has 0 fully saturated rings. The van der Waals surface area contributed by atoms with E-state index in [1.165, 1.54) is 0 Å². The van der Waals surface area contributed by atoms with Gasteiger partial charge in [-0.3, -0.25) is 4.79 Å². The number of carbonyl (C=O) groups excluding carboxylic acids is 1. The molecule has 1 N–H and O–H groups in total. The average molecular weight is 235 g/mol. The molecule has 0 saturated heterocycles. The number of amides is 1. The van der Waals surface area contributed by atoms with E-state index in [4.69, 9.17) is 4.74 Å². The van der Waals surface area contributed by atoms with Gasteiger partial charge in [-0.2, -0.15) is 0 Å². The van der Waals surface area contributed by atoms with Crippen molar-refractivity contribution < 1.29 is 9.53 Å². The van der Waals surface area contributed by atoms with E-state index in [-0.39, 0.29) is 11.9 Å². The Morgan fingerprint density at radius 1 is 1.29 bits per heavy atom. The molecule has 0 unspecified atom stereocenters. The first kappa shape index (κ1) is 13.6. The van der Waals surface area contributed by atoms with E-state index < -0.39 is 0 Å². The highest BCUT2D eigenvalue weighted by Gasteiger charge is 2.15. The number of para-hydroxylation sites is 1. The van der Waals surface area contributed by atoms with E-state index in [9.17, 15) is 4.79 Å². The number of benzene rings is 1. The molecule has 0 radical (unpaired) electrons. The van der Waals surface area contributed by atoms with E-state index in [0.29, 0.717) is 23.8 Å². The molecule has 94 valence electrons. The van der Waals surface area contributed by atoms with Gasteiger partial charge in [0.2, 0.25) is 0 Å². The molecule has 1 aromatic carbocycles.